The van der Waals surface area contributed by atoms with Crippen LogP contribution >= 0.6 is 0 Å². The van der Waals surface area contributed by atoms with Crippen molar-refractivity contribution in [3.05, 3.63) is 26.4 Å². The molecule has 1 unspecified atom stereocenters. The van der Waals surface area contributed by atoms with E-state index in [0.717, 1.165) is 9.13 Å². The Morgan fingerprint density at radius 1 is 1.24 bits per heavy atom. The highest BCUT2D eigenvalue weighted by atomic mass is 19.4. The van der Waals surface area contributed by atoms with E-state index in [4.69, 9.17) is 0 Å². The molecule has 0 N–H and O–H groups in total. The SMILES string of the molecule is CN(c1c(C#N)c(=O)n(C)c(=O)n1C)C1CCN(CC(F)(F)F)C1=O. The Morgan fingerprint density at radius 2 is 1.84 bits per heavy atom. The number of halogens is 3. The molecular weight excluding hydrogens is 343 g/mol. The number of hydrogen-bond acceptors (Lipinski definition) is 5. The zero-order valence-corrected chi connectivity index (χ0v) is 13.8. The summed E-state index contributed by atoms with van der Waals surface area (Å²) in [6, 6.07) is 0.708. The lowest BCUT2D eigenvalue weighted by molar-refractivity contribution is -0.157. The molecule has 0 aromatic carbocycles. The number of rotatable bonds is 3. The van der Waals surface area contributed by atoms with Gasteiger partial charge in [0.25, 0.3) is 5.56 Å². The molecule has 1 aromatic rings. The van der Waals surface area contributed by atoms with Gasteiger partial charge in [0.15, 0.2) is 5.56 Å². The van der Waals surface area contributed by atoms with Crippen molar-refractivity contribution >= 4 is 11.7 Å². The number of nitriles is 1. The number of carbonyl (C=O) groups excluding carboxylic acids is 1. The van der Waals surface area contributed by atoms with E-state index in [-0.39, 0.29) is 24.3 Å². The molecule has 1 atom stereocenters. The van der Waals surface area contributed by atoms with Crippen molar-refractivity contribution < 1.29 is 18.0 Å². The molecule has 1 saturated heterocycles. The van der Waals surface area contributed by atoms with E-state index in [9.17, 15) is 32.8 Å². The fourth-order valence-corrected chi connectivity index (χ4v) is 2.95. The van der Waals surface area contributed by atoms with Gasteiger partial charge in [-0.1, -0.05) is 0 Å². The highest BCUT2D eigenvalue weighted by Gasteiger charge is 2.41. The van der Waals surface area contributed by atoms with Gasteiger partial charge in [-0.15, -0.1) is 0 Å². The predicted octanol–water partition coefficient (Wildman–Crippen LogP) is -0.445. The molecular formula is C14H16F3N5O3. The van der Waals surface area contributed by atoms with Gasteiger partial charge >= 0.3 is 11.9 Å². The monoisotopic (exact) mass is 359 g/mol. The minimum absolute atomic E-state index is 0.0830. The second-order valence-electron chi connectivity index (χ2n) is 5.81. The molecule has 1 fully saturated rings. The van der Waals surface area contributed by atoms with Crippen LogP contribution in [-0.4, -0.2) is 52.3 Å². The Balaban J connectivity index is 2.45. The van der Waals surface area contributed by atoms with E-state index >= 15 is 0 Å². The zero-order valence-electron chi connectivity index (χ0n) is 13.8. The third kappa shape index (κ3) is 3.24. The third-order valence-corrected chi connectivity index (χ3v) is 4.19. The van der Waals surface area contributed by atoms with E-state index in [1.807, 2.05) is 0 Å². The fraction of sp³-hybridized carbons (Fsp3) is 0.571. The molecule has 25 heavy (non-hydrogen) atoms. The van der Waals surface area contributed by atoms with Gasteiger partial charge in [0, 0.05) is 27.7 Å². The van der Waals surface area contributed by atoms with E-state index < -0.39 is 35.9 Å². The summed E-state index contributed by atoms with van der Waals surface area (Å²) in [7, 11) is 3.90. The van der Waals surface area contributed by atoms with E-state index in [1.165, 1.54) is 26.0 Å². The molecule has 136 valence electrons. The summed E-state index contributed by atoms with van der Waals surface area (Å²) in [5.74, 6) is -0.861. The first kappa shape index (κ1) is 18.6. The lowest BCUT2D eigenvalue weighted by Crippen LogP contribution is -2.47. The molecule has 8 nitrogen and oxygen atoms in total. The molecule has 1 aromatic heterocycles. The van der Waals surface area contributed by atoms with E-state index in [1.54, 1.807) is 6.07 Å². The second-order valence-corrected chi connectivity index (χ2v) is 5.81. The van der Waals surface area contributed by atoms with Crippen LogP contribution in [0.2, 0.25) is 0 Å². The molecule has 1 amide bonds. The maximum absolute atomic E-state index is 12.5. The summed E-state index contributed by atoms with van der Waals surface area (Å²) in [5.41, 5.74) is -1.89. The normalized spacial score (nSPS) is 17.7. The van der Waals surface area contributed by atoms with Gasteiger partial charge in [-0.25, -0.2) is 4.79 Å². The topological polar surface area (TPSA) is 91.3 Å². The number of amides is 1. The van der Waals surface area contributed by atoms with Gasteiger partial charge in [0.2, 0.25) is 5.91 Å². The summed E-state index contributed by atoms with van der Waals surface area (Å²) in [4.78, 5) is 38.4. The average molecular weight is 359 g/mol. The van der Waals surface area contributed by atoms with Crippen molar-refractivity contribution in [2.24, 2.45) is 14.1 Å². The van der Waals surface area contributed by atoms with E-state index in [2.05, 4.69) is 0 Å². The lowest BCUT2D eigenvalue weighted by atomic mass is 10.2. The van der Waals surface area contributed by atoms with Crippen LogP contribution in [0.1, 0.15) is 12.0 Å². The predicted molar refractivity (Wildman–Crippen MR) is 81.1 cm³/mol. The average Bonchev–Trinajstić information content (AvgIpc) is 2.87. The Morgan fingerprint density at radius 3 is 2.36 bits per heavy atom. The molecule has 0 bridgehead atoms. The maximum Gasteiger partial charge on any atom is 0.406 e. The minimum atomic E-state index is -4.52. The quantitative estimate of drug-likeness (QED) is 0.729. The molecule has 11 heteroatoms. The van der Waals surface area contributed by atoms with E-state index in [0.29, 0.717) is 4.90 Å². The van der Waals surface area contributed by atoms with Crippen LogP contribution in [0.15, 0.2) is 9.59 Å². The van der Waals surface area contributed by atoms with Crippen LogP contribution < -0.4 is 16.1 Å². The van der Waals surface area contributed by atoms with Crippen LogP contribution in [0.3, 0.4) is 0 Å². The first-order valence-corrected chi connectivity index (χ1v) is 7.28. The zero-order chi connectivity index (χ0) is 19.1. The van der Waals surface area contributed by atoms with Crippen molar-refractivity contribution in [3.8, 4) is 6.07 Å². The first-order valence-electron chi connectivity index (χ1n) is 7.28. The number of aromatic nitrogens is 2. The van der Waals surface area contributed by atoms with Crippen molar-refractivity contribution in [3.63, 3.8) is 0 Å². The number of likely N-dealkylation sites (tertiary alicyclic amines) is 1. The molecule has 2 heterocycles. The molecule has 1 aliphatic rings. The van der Waals surface area contributed by atoms with Crippen LogP contribution in [0.4, 0.5) is 19.0 Å². The van der Waals surface area contributed by atoms with Gasteiger partial charge < -0.3 is 9.80 Å². The number of carbonyl (C=O) groups is 1. The molecule has 1 aliphatic heterocycles. The Bertz CT molecular complexity index is 865. The summed E-state index contributed by atoms with van der Waals surface area (Å²) in [6.07, 6.45) is -4.43. The molecule has 0 spiro atoms. The van der Waals surface area contributed by atoms with Crippen LogP contribution in [0.25, 0.3) is 0 Å². The van der Waals surface area contributed by atoms with Crippen LogP contribution in [0.5, 0.6) is 0 Å². The van der Waals surface area contributed by atoms with Crippen molar-refractivity contribution in [1.82, 2.24) is 14.0 Å². The van der Waals surface area contributed by atoms with Gasteiger partial charge in [-0.05, 0) is 6.42 Å². The number of nitrogens with zero attached hydrogens (tertiary/aromatic N) is 5. The van der Waals surface area contributed by atoms with Crippen LogP contribution in [-0.2, 0) is 18.9 Å². The van der Waals surface area contributed by atoms with Crippen LogP contribution in [0, 0.1) is 11.3 Å². The fourth-order valence-electron chi connectivity index (χ4n) is 2.95. The molecule has 0 saturated carbocycles. The van der Waals surface area contributed by atoms with Gasteiger partial charge in [0.1, 0.15) is 24.5 Å². The van der Waals surface area contributed by atoms with Gasteiger partial charge in [-0.2, -0.15) is 18.4 Å². The summed E-state index contributed by atoms with van der Waals surface area (Å²) < 4.78 is 39.4. The Labute approximate surface area is 140 Å². The van der Waals surface area contributed by atoms with Gasteiger partial charge in [-0.3, -0.25) is 18.7 Å². The van der Waals surface area contributed by atoms with Gasteiger partial charge in [0.05, 0.1) is 0 Å². The second kappa shape index (κ2) is 6.27. The largest absolute Gasteiger partial charge is 0.406 e. The number of hydrogen-bond donors (Lipinski definition) is 0. The maximum atomic E-state index is 12.5. The highest BCUT2D eigenvalue weighted by Crippen LogP contribution is 2.26. The molecule has 2 rings (SSSR count). The lowest BCUT2D eigenvalue weighted by Gasteiger charge is -2.28. The Hall–Kier alpha value is -2.77. The minimum Gasteiger partial charge on any atom is -0.348 e. The standard InChI is InChI=1S/C14H16F3N5O3/c1-19(9-4-5-22(12(9)24)7-14(15,16)17)10-8(6-18)11(23)21(3)13(25)20(10)2/h9H,4-5,7H2,1-3H3. The summed E-state index contributed by atoms with van der Waals surface area (Å²) in [5, 5.41) is 9.25. The molecule has 0 radical (unpaired) electrons. The smallest absolute Gasteiger partial charge is 0.348 e. The number of anilines is 1. The van der Waals surface area contributed by atoms with Crippen molar-refractivity contribution in [2.45, 2.75) is 18.6 Å². The number of likely N-dealkylation sites (N-methyl/N-ethyl adjacent to an activating group) is 1. The van der Waals surface area contributed by atoms with Crippen molar-refractivity contribution in [2.75, 3.05) is 25.0 Å². The first-order chi connectivity index (χ1) is 11.5. The summed E-state index contributed by atoms with van der Waals surface area (Å²) >= 11 is 0. The number of alkyl halides is 3. The molecule has 0 aliphatic carbocycles. The summed E-state index contributed by atoms with van der Waals surface area (Å²) in [6.45, 7) is -1.47. The Kier molecular flexibility index (Phi) is 4.66. The van der Waals surface area contributed by atoms with Crippen molar-refractivity contribution in [1.29, 1.82) is 5.26 Å². The highest BCUT2D eigenvalue weighted by molar-refractivity contribution is 5.87. The third-order valence-electron chi connectivity index (χ3n) is 4.19.